The van der Waals surface area contributed by atoms with E-state index in [1.807, 2.05) is 67.0 Å². The van der Waals surface area contributed by atoms with E-state index >= 15 is 0 Å². The summed E-state index contributed by atoms with van der Waals surface area (Å²) in [6, 6.07) is 9.33. The van der Waals surface area contributed by atoms with Crippen LogP contribution >= 0.6 is 11.8 Å². The van der Waals surface area contributed by atoms with E-state index < -0.39 is 28.2 Å². The zero-order valence-corrected chi connectivity index (χ0v) is 24.1. The van der Waals surface area contributed by atoms with Crippen LogP contribution < -0.4 is 0 Å². The van der Waals surface area contributed by atoms with E-state index in [1.54, 1.807) is 16.7 Å². The van der Waals surface area contributed by atoms with Crippen molar-refractivity contribution < 1.29 is 19.5 Å². The van der Waals surface area contributed by atoms with E-state index in [-0.39, 0.29) is 29.6 Å². The first-order valence-corrected chi connectivity index (χ1v) is 15.1. The molecular formula is C31H41N3O4S. The summed E-state index contributed by atoms with van der Waals surface area (Å²) in [7, 11) is 0. The second-order valence-electron chi connectivity index (χ2n) is 12.2. The Kier molecular flexibility index (Phi) is 7.98. The summed E-state index contributed by atoms with van der Waals surface area (Å²) >= 11 is 1.64. The summed E-state index contributed by atoms with van der Waals surface area (Å²) in [5.41, 5.74) is 0.667. The van der Waals surface area contributed by atoms with Gasteiger partial charge in [0.1, 0.15) is 6.04 Å². The third-order valence-corrected chi connectivity index (χ3v) is 10.3. The van der Waals surface area contributed by atoms with Crippen molar-refractivity contribution in [1.82, 2.24) is 14.7 Å². The Morgan fingerprint density at radius 3 is 2.41 bits per heavy atom. The zero-order chi connectivity index (χ0) is 27.8. The molecular weight excluding hydrogens is 510 g/mol. The van der Waals surface area contributed by atoms with E-state index in [0.29, 0.717) is 26.2 Å². The van der Waals surface area contributed by atoms with Gasteiger partial charge in [-0.2, -0.15) is 0 Å². The van der Waals surface area contributed by atoms with Crippen LogP contribution in [-0.2, 0) is 20.9 Å². The molecule has 5 rings (SSSR count). The van der Waals surface area contributed by atoms with Gasteiger partial charge < -0.3 is 19.8 Å². The van der Waals surface area contributed by atoms with Crippen molar-refractivity contribution in [3.63, 3.8) is 0 Å². The molecule has 0 aromatic heterocycles. The van der Waals surface area contributed by atoms with Gasteiger partial charge in [0.2, 0.25) is 17.7 Å². The Hall–Kier alpha value is -2.58. The fourth-order valence-electron chi connectivity index (χ4n) is 6.73. The number of fused-ring (bicyclic) bond motifs is 2. The summed E-state index contributed by atoms with van der Waals surface area (Å²) in [6.45, 7) is 8.24. The van der Waals surface area contributed by atoms with Crippen molar-refractivity contribution in [1.29, 1.82) is 0 Å². The molecule has 3 amide bonds. The minimum absolute atomic E-state index is 0.00195. The molecule has 4 aliphatic rings. The molecule has 1 N–H and O–H groups in total. The van der Waals surface area contributed by atoms with Crippen LogP contribution in [-0.4, -0.2) is 85.3 Å². The molecule has 1 aromatic rings. The van der Waals surface area contributed by atoms with E-state index in [4.69, 9.17) is 5.11 Å². The van der Waals surface area contributed by atoms with Crippen LogP contribution in [0.3, 0.4) is 0 Å². The normalized spacial score (nSPS) is 30.4. The number of unbranched alkanes of at least 4 members (excludes halogenated alkanes) is 3. The number of likely N-dealkylation sites (tertiary alicyclic amines) is 1. The predicted octanol–water partition coefficient (Wildman–Crippen LogP) is 3.63. The molecule has 1 unspecified atom stereocenters. The van der Waals surface area contributed by atoms with Gasteiger partial charge in [-0.25, -0.2) is 0 Å². The number of hydrogen-bond acceptors (Lipinski definition) is 5. The molecule has 0 saturated carbocycles. The van der Waals surface area contributed by atoms with Gasteiger partial charge in [0.25, 0.3) is 0 Å². The highest BCUT2D eigenvalue weighted by Crippen LogP contribution is 2.61. The lowest BCUT2D eigenvalue weighted by Gasteiger charge is -2.40. The van der Waals surface area contributed by atoms with E-state index in [9.17, 15) is 14.4 Å². The second-order valence-corrected chi connectivity index (χ2v) is 13.7. The molecule has 0 aliphatic carbocycles. The highest BCUT2D eigenvalue weighted by molar-refractivity contribution is 8.02. The highest BCUT2D eigenvalue weighted by atomic mass is 32.2. The van der Waals surface area contributed by atoms with Crippen LogP contribution in [0.15, 0.2) is 54.6 Å². The minimum Gasteiger partial charge on any atom is -0.396 e. The number of rotatable bonds is 8. The van der Waals surface area contributed by atoms with Crippen LogP contribution in [0, 0.1) is 11.8 Å². The van der Waals surface area contributed by atoms with Crippen LogP contribution in [0.5, 0.6) is 0 Å². The molecule has 39 heavy (non-hydrogen) atoms. The number of carbonyl (C=O) groups is 3. The average molecular weight is 552 g/mol. The van der Waals surface area contributed by atoms with Crippen LogP contribution in [0.1, 0.15) is 52.0 Å². The molecule has 2 saturated heterocycles. The van der Waals surface area contributed by atoms with Gasteiger partial charge in [-0.1, -0.05) is 67.5 Å². The first-order chi connectivity index (χ1) is 18.7. The Balaban J connectivity index is 1.50. The number of carbonyl (C=O) groups excluding carboxylic acids is 3. The van der Waals surface area contributed by atoms with Crippen molar-refractivity contribution in [3.05, 3.63) is 60.2 Å². The minimum atomic E-state index is -0.773. The SMILES string of the molecule is CC(C)(C)N1CC=C[C@]23S[C@H]4C=CCN(Cc5ccccc5)C(=O)[C@H]4[C@H]2C(=O)N(CCCCCCO)C3C1=O. The fourth-order valence-corrected chi connectivity index (χ4v) is 8.73. The monoisotopic (exact) mass is 551 g/mol. The zero-order valence-electron chi connectivity index (χ0n) is 23.3. The molecule has 2 fully saturated rings. The molecule has 4 aliphatic heterocycles. The van der Waals surface area contributed by atoms with E-state index in [1.165, 1.54) is 0 Å². The summed E-state index contributed by atoms with van der Waals surface area (Å²) in [4.78, 5) is 48.3. The molecule has 1 spiro atoms. The first-order valence-electron chi connectivity index (χ1n) is 14.3. The van der Waals surface area contributed by atoms with Crippen LogP contribution in [0.4, 0.5) is 0 Å². The molecule has 5 atom stereocenters. The first kappa shape index (κ1) is 28.0. The average Bonchev–Trinajstić information content (AvgIpc) is 3.20. The number of aliphatic hydroxyl groups is 1. The summed E-state index contributed by atoms with van der Waals surface area (Å²) < 4.78 is -0.773. The quantitative estimate of drug-likeness (QED) is 0.394. The van der Waals surface area contributed by atoms with E-state index in [2.05, 4.69) is 18.2 Å². The Morgan fingerprint density at radius 2 is 1.69 bits per heavy atom. The van der Waals surface area contributed by atoms with Gasteiger partial charge in [-0.15, -0.1) is 11.8 Å². The van der Waals surface area contributed by atoms with Gasteiger partial charge in [0.05, 0.1) is 16.6 Å². The number of amides is 3. The summed E-state index contributed by atoms with van der Waals surface area (Å²) in [6.07, 6.45) is 11.6. The molecule has 0 radical (unpaired) electrons. The second kappa shape index (κ2) is 11.1. The van der Waals surface area contributed by atoms with Gasteiger partial charge in [-0.05, 0) is 39.2 Å². The topological polar surface area (TPSA) is 81.2 Å². The van der Waals surface area contributed by atoms with Crippen LogP contribution in [0.2, 0.25) is 0 Å². The molecule has 1 aromatic carbocycles. The lowest BCUT2D eigenvalue weighted by atomic mass is 9.78. The van der Waals surface area contributed by atoms with Crippen molar-refractivity contribution in [2.45, 2.75) is 74.6 Å². The fraction of sp³-hybridized carbons (Fsp3) is 0.581. The third kappa shape index (κ3) is 5.06. The Morgan fingerprint density at radius 1 is 0.949 bits per heavy atom. The number of thioether (sulfide) groups is 1. The molecule has 8 heteroatoms. The van der Waals surface area contributed by atoms with E-state index in [0.717, 1.165) is 31.2 Å². The number of aliphatic hydroxyl groups excluding tert-OH is 1. The molecule has 0 bridgehead atoms. The smallest absolute Gasteiger partial charge is 0.247 e. The van der Waals surface area contributed by atoms with Crippen LogP contribution in [0.25, 0.3) is 0 Å². The largest absolute Gasteiger partial charge is 0.396 e. The van der Waals surface area contributed by atoms with Crippen molar-refractivity contribution in [3.8, 4) is 0 Å². The number of benzene rings is 1. The van der Waals surface area contributed by atoms with Gasteiger partial charge >= 0.3 is 0 Å². The maximum absolute atomic E-state index is 14.3. The lowest BCUT2D eigenvalue weighted by Crippen LogP contribution is -2.57. The summed E-state index contributed by atoms with van der Waals surface area (Å²) in [5.74, 6) is -1.19. The number of nitrogens with zero attached hydrogens (tertiary/aromatic N) is 3. The molecule has 7 nitrogen and oxygen atoms in total. The summed E-state index contributed by atoms with van der Waals surface area (Å²) in [5, 5.41) is 9.01. The predicted molar refractivity (Wildman–Crippen MR) is 154 cm³/mol. The number of hydrogen-bond donors (Lipinski definition) is 1. The van der Waals surface area contributed by atoms with Gasteiger partial charge in [-0.3, -0.25) is 14.4 Å². The Labute approximate surface area is 236 Å². The highest BCUT2D eigenvalue weighted by Gasteiger charge is 2.71. The van der Waals surface area contributed by atoms with Gasteiger partial charge in [0, 0.05) is 43.6 Å². The maximum atomic E-state index is 14.3. The third-order valence-electron chi connectivity index (χ3n) is 8.58. The molecule has 210 valence electrons. The van der Waals surface area contributed by atoms with Gasteiger partial charge in [0.15, 0.2) is 0 Å². The lowest BCUT2D eigenvalue weighted by molar-refractivity contribution is -0.146. The Bertz CT molecular complexity index is 1150. The molecule has 4 heterocycles. The van der Waals surface area contributed by atoms with Crippen molar-refractivity contribution in [2.75, 3.05) is 26.2 Å². The maximum Gasteiger partial charge on any atom is 0.247 e. The standard InChI is InChI=1S/C31H41N3O4S/c1-30(2,3)34-19-12-16-31-25(28(37)33(26(31)29(34)38)18-9-4-5-10-20-35)24-23(39-31)15-11-17-32(27(24)36)21-22-13-7-6-8-14-22/h6-8,11-16,23-26,35H,4-5,9-10,17-21H2,1-3H3/t23-,24+,25-,26?,31-/m0/s1. The van der Waals surface area contributed by atoms with Crippen molar-refractivity contribution >= 4 is 29.5 Å². The van der Waals surface area contributed by atoms with Crippen molar-refractivity contribution in [2.24, 2.45) is 11.8 Å².